The lowest BCUT2D eigenvalue weighted by atomic mass is 9.93. The highest BCUT2D eigenvalue weighted by atomic mass is 16.4. The highest BCUT2D eigenvalue weighted by molar-refractivity contribution is 5.73. The Kier molecular flexibility index (Phi) is 3.33. The predicted octanol–water partition coefficient (Wildman–Crippen LogP) is 1.90. The van der Waals surface area contributed by atoms with Crippen LogP contribution in [0.4, 0.5) is 0 Å². The molecular weight excluding hydrogens is 202 g/mol. The van der Waals surface area contributed by atoms with E-state index < -0.39 is 12.0 Å². The number of hydrogen-bond acceptors (Lipinski definition) is 2. The van der Waals surface area contributed by atoms with Crippen LogP contribution >= 0.6 is 0 Å². The molecule has 4 atom stereocenters. The smallest absolute Gasteiger partial charge is 0.320 e. The van der Waals surface area contributed by atoms with Gasteiger partial charge < -0.3 is 10.4 Å². The maximum atomic E-state index is 11.0. The first kappa shape index (κ1) is 11.6. The zero-order valence-corrected chi connectivity index (χ0v) is 10.0. The number of rotatable bonds is 5. The van der Waals surface area contributed by atoms with Gasteiger partial charge in [0.15, 0.2) is 0 Å². The molecule has 0 aliphatic heterocycles. The largest absolute Gasteiger partial charge is 0.480 e. The summed E-state index contributed by atoms with van der Waals surface area (Å²) in [6, 6.07) is -0.400. The lowest BCUT2D eigenvalue weighted by Crippen LogP contribution is -2.43. The summed E-state index contributed by atoms with van der Waals surface area (Å²) in [5, 5.41) is 12.3. The molecule has 0 aromatic carbocycles. The van der Waals surface area contributed by atoms with Crippen molar-refractivity contribution in [2.24, 2.45) is 23.7 Å². The van der Waals surface area contributed by atoms with Crippen LogP contribution in [0.25, 0.3) is 0 Å². The van der Waals surface area contributed by atoms with Gasteiger partial charge in [-0.25, -0.2) is 0 Å². The Balaban J connectivity index is 1.82. The van der Waals surface area contributed by atoms with Crippen molar-refractivity contribution in [1.29, 1.82) is 0 Å². The zero-order chi connectivity index (χ0) is 11.7. The van der Waals surface area contributed by atoms with Crippen molar-refractivity contribution in [3.05, 3.63) is 12.2 Å². The zero-order valence-electron chi connectivity index (χ0n) is 10.0. The maximum Gasteiger partial charge on any atom is 0.320 e. The molecule has 2 N–H and O–H groups in total. The number of hydrogen-bond donors (Lipinski definition) is 2. The molecule has 3 heteroatoms. The quantitative estimate of drug-likeness (QED) is 0.700. The predicted molar refractivity (Wildman–Crippen MR) is 63.1 cm³/mol. The average Bonchev–Trinajstić information content (AvgIpc) is 2.77. The van der Waals surface area contributed by atoms with Crippen LogP contribution in [-0.4, -0.2) is 23.7 Å². The molecule has 90 valence electrons. The molecule has 3 nitrogen and oxygen atoms in total. The third-order valence-corrected chi connectivity index (χ3v) is 3.95. The van der Waals surface area contributed by atoms with E-state index in [2.05, 4.69) is 17.5 Å². The topological polar surface area (TPSA) is 49.3 Å². The Labute approximate surface area is 96.9 Å². The first-order chi connectivity index (χ1) is 7.58. The van der Waals surface area contributed by atoms with Gasteiger partial charge in [0, 0.05) is 0 Å². The SMILES string of the molecule is CC(C)[C@H](NCC1CC2C=CC1C2)C(=O)O. The molecule has 3 unspecified atom stereocenters. The summed E-state index contributed by atoms with van der Waals surface area (Å²) < 4.78 is 0. The van der Waals surface area contributed by atoms with Crippen LogP contribution in [0.15, 0.2) is 12.2 Å². The molecule has 2 rings (SSSR count). The first-order valence-corrected chi connectivity index (χ1v) is 6.22. The van der Waals surface area contributed by atoms with E-state index in [1.54, 1.807) is 0 Å². The number of nitrogens with one attached hydrogen (secondary N) is 1. The number of carbonyl (C=O) groups is 1. The lowest BCUT2D eigenvalue weighted by Gasteiger charge is -2.23. The van der Waals surface area contributed by atoms with Gasteiger partial charge in [0.2, 0.25) is 0 Å². The molecule has 0 heterocycles. The highest BCUT2D eigenvalue weighted by Crippen LogP contribution is 2.42. The molecule has 0 aromatic heterocycles. The van der Waals surface area contributed by atoms with Crippen molar-refractivity contribution < 1.29 is 9.90 Å². The van der Waals surface area contributed by atoms with Gasteiger partial charge in [0.05, 0.1) is 0 Å². The number of aliphatic carboxylic acids is 1. The van der Waals surface area contributed by atoms with E-state index in [-0.39, 0.29) is 5.92 Å². The minimum Gasteiger partial charge on any atom is -0.480 e. The molecule has 2 aliphatic carbocycles. The molecule has 0 aromatic rings. The van der Waals surface area contributed by atoms with Crippen molar-refractivity contribution >= 4 is 5.97 Å². The Morgan fingerprint density at radius 3 is 2.62 bits per heavy atom. The molecule has 0 amide bonds. The fourth-order valence-electron chi connectivity index (χ4n) is 3.02. The third-order valence-electron chi connectivity index (χ3n) is 3.95. The minimum absolute atomic E-state index is 0.145. The van der Waals surface area contributed by atoms with E-state index in [0.717, 1.165) is 12.5 Å². The average molecular weight is 223 g/mol. The molecule has 2 aliphatic rings. The number of fused-ring (bicyclic) bond motifs is 2. The Bertz CT molecular complexity index is 298. The Hall–Kier alpha value is -0.830. The van der Waals surface area contributed by atoms with Crippen molar-refractivity contribution in [3.63, 3.8) is 0 Å². The van der Waals surface area contributed by atoms with Crippen LogP contribution in [0.3, 0.4) is 0 Å². The Morgan fingerprint density at radius 2 is 2.19 bits per heavy atom. The van der Waals surface area contributed by atoms with Crippen LogP contribution < -0.4 is 5.32 Å². The van der Waals surface area contributed by atoms with Gasteiger partial charge in [-0.05, 0) is 43.1 Å². The van der Waals surface area contributed by atoms with E-state index in [1.165, 1.54) is 12.8 Å². The van der Waals surface area contributed by atoms with E-state index in [1.807, 2.05) is 13.8 Å². The van der Waals surface area contributed by atoms with Gasteiger partial charge in [-0.1, -0.05) is 26.0 Å². The van der Waals surface area contributed by atoms with Gasteiger partial charge in [-0.2, -0.15) is 0 Å². The van der Waals surface area contributed by atoms with Crippen LogP contribution in [0.5, 0.6) is 0 Å². The van der Waals surface area contributed by atoms with Gasteiger partial charge in [-0.15, -0.1) is 0 Å². The summed E-state index contributed by atoms with van der Waals surface area (Å²) in [7, 11) is 0. The summed E-state index contributed by atoms with van der Waals surface area (Å²) >= 11 is 0. The number of carboxylic acids is 1. The van der Waals surface area contributed by atoms with Crippen LogP contribution in [-0.2, 0) is 4.79 Å². The molecule has 16 heavy (non-hydrogen) atoms. The molecule has 1 saturated carbocycles. The van der Waals surface area contributed by atoms with Crippen molar-refractivity contribution in [1.82, 2.24) is 5.32 Å². The molecular formula is C13H21NO2. The molecule has 0 saturated heterocycles. The first-order valence-electron chi connectivity index (χ1n) is 6.22. The second-order valence-corrected chi connectivity index (χ2v) is 5.51. The van der Waals surface area contributed by atoms with Crippen LogP contribution in [0, 0.1) is 23.7 Å². The number of carboxylic acid groups (broad SMARTS) is 1. The molecule has 0 spiro atoms. The van der Waals surface area contributed by atoms with Gasteiger partial charge in [0.1, 0.15) is 6.04 Å². The standard InChI is InChI=1S/C13H21NO2/c1-8(2)12(13(15)16)14-7-11-6-9-3-4-10(11)5-9/h3-4,8-12,14H,5-7H2,1-2H3,(H,15,16)/t9?,10?,11?,12-/m0/s1. The fraction of sp³-hybridized carbons (Fsp3) is 0.769. The van der Waals surface area contributed by atoms with E-state index >= 15 is 0 Å². The second kappa shape index (κ2) is 4.58. The van der Waals surface area contributed by atoms with Gasteiger partial charge in [-0.3, -0.25) is 4.79 Å². The summed E-state index contributed by atoms with van der Waals surface area (Å²) in [6.45, 7) is 4.75. The van der Waals surface area contributed by atoms with Crippen LogP contribution in [0.1, 0.15) is 26.7 Å². The van der Waals surface area contributed by atoms with Gasteiger partial charge in [0.25, 0.3) is 0 Å². The molecule has 1 fully saturated rings. The molecule has 0 radical (unpaired) electrons. The van der Waals surface area contributed by atoms with Crippen molar-refractivity contribution in [2.45, 2.75) is 32.7 Å². The van der Waals surface area contributed by atoms with Gasteiger partial charge >= 0.3 is 5.97 Å². The Morgan fingerprint density at radius 1 is 1.44 bits per heavy atom. The number of allylic oxidation sites excluding steroid dienone is 2. The second-order valence-electron chi connectivity index (χ2n) is 5.51. The normalized spacial score (nSPS) is 33.6. The molecule has 2 bridgehead atoms. The minimum atomic E-state index is -0.728. The van der Waals surface area contributed by atoms with E-state index in [0.29, 0.717) is 11.8 Å². The lowest BCUT2D eigenvalue weighted by molar-refractivity contribution is -0.140. The van der Waals surface area contributed by atoms with E-state index in [4.69, 9.17) is 5.11 Å². The summed E-state index contributed by atoms with van der Waals surface area (Å²) in [5.74, 6) is 1.52. The van der Waals surface area contributed by atoms with Crippen molar-refractivity contribution in [2.75, 3.05) is 6.54 Å². The monoisotopic (exact) mass is 223 g/mol. The maximum absolute atomic E-state index is 11.0. The summed E-state index contributed by atoms with van der Waals surface area (Å²) in [6.07, 6.45) is 7.15. The van der Waals surface area contributed by atoms with E-state index in [9.17, 15) is 4.79 Å². The third kappa shape index (κ3) is 2.29. The fourth-order valence-corrected chi connectivity index (χ4v) is 3.02. The summed E-state index contributed by atoms with van der Waals surface area (Å²) in [5.41, 5.74) is 0. The van der Waals surface area contributed by atoms with Crippen molar-refractivity contribution in [3.8, 4) is 0 Å². The van der Waals surface area contributed by atoms with Crippen LogP contribution in [0.2, 0.25) is 0 Å². The highest BCUT2D eigenvalue weighted by Gasteiger charge is 2.36. The summed E-state index contributed by atoms with van der Waals surface area (Å²) in [4.78, 5) is 11.0.